The lowest BCUT2D eigenvalue weighted by atomic mass is 9.81. The molecule has 4 heterocycles. The predicted octanol–water partition coefficient (Wildman–Crippen LogP) is 3.44. The van der Waals surface area contributed by atoms with E-state index in [0.29, 0.717) is 63.1 Å². The van der Waals surface area contributed by atoms with Crippen molar-refractivity contribution in [3.63, 3.8) is 0 Å². The molecule has 0 saturated carbocycles. The first-order valence-electron chi connectivity index (χ1n) is 12.2. The Bertz CT molecular complexity index is 1190. The number of anilines is 1. The van der Waals surface area contributed by atoms with Gasteiger partial charge in [-0.25, -0.2) is 9.78 Å². The average molecular weight is 565 g/mol. The highest BCUT2D eigenvalue weighted by Gasteiger charge is 2.50. The highest BCUT2D eigenvalue weighted by atomic mass is 35.5. The molecule has 1 aromatic carbocycles. The van der Waals surface area contributed by atoms with Gasteiger partial charge in [-0.15, -0.1) is 23.1 Å². The van der Waals surface area contributed by atoms with Crippen LogP contribution < -0.4 is 4.90 Å². The van der Waals surface area contributed by atoms with Gasteiger partial charge in [0.15, 0.2) is 0 Å². The van der Waals surface area contributed by atoms with Gasteiger partial charge in [-0.1, -0.05) is 11.6 Å². The molecule has 12 heteroatoms. The number of rotatable bonds is 6. The van der Waals surface area contributed by atoms with E-state index < -0.39 is 0 Å². The number of thioether (sulfide) groups is 1. The maximum Gasteiger partial charge on any atom is 0.409 e. The first-order chi connectivity index (χ1) is 17.9. The van der Waals surface area contributed by atoms with Crippen molar-refractivity contribution in [2.75, 3.05) is 63.7 Å². The third-order valence-electron chi connectivity index (χ3n) is 7.13. The molecule has 3 amide bonds. The number of morpholine rings is 1. The molecule has 1 unspecified atom stereocenters. The highest BCUT2D eigenvalue weighted by molar-refractivity contribution is 8.01. The molecule has 1 spiro atoms. The molecule has 0 aliphatic carbocycles. The Labute approximate surface area is 229 Å². The average Bonchev–Trinajstić information content (AvgIpc) is 3.62. The lowest BCUT2D eigenvalue weighted by Gasteiger charge is -2.26. The molecule has 2 fully saturated rings. The monoisotopic (exact) mass is 564 g/mol. The largest absolute Gasteiger partial charge is 0.453 e. The van der Waals surface area contributed by atoms with Crippen LogP contribution in [0.3, 0.4) is 0 Å². The Morgan fingerprint density at radius 1 is 1.16 bits per heavy atom. The number of hydrogen-bond acceptors (Lipinski definition) is 8. The number of amides is 3. The van der Waals surface area contributed by atoms with Gasteiger partial charge < -0.3 is 24.2 Å². The van der Waals surface area contributed by atoms with Gasteiger partial charge in [-0.3, -0.25) is 9.59 Å². The minimum Gasteiger partial charge on any atom is -0.453 e. The number of carbonyl (C=O) groups excluding carboxylic acids is 3. The molecule has 9 nitrogen and oxygen atoms in total. The fourth-order valence-electron chi connectivity index (χ4n) is 5.25. The summed E-state index contributed by atoms with van der Waals surface area (Å²) in [5.41, 5.74) is 1.48. The molecule has 3 aliphatic heterocycles. The zero-order valence-electron chi connectivity index (χ0n) is 20.6. The van der Waals surface area contributed by atoms with Gasteiger partial charge in [0.25, 0.3) is 0 Å². The Balaban J connectivity index is 1.21. The van der Waals surface area contributed by atoms with Gasteiger partial charge in [-0.2, -0.15) is 0 Å². The van der Waals surface area contributed by atoms with Crippen LogP contribution in [-0.2, 0) is 30.9 Å². The van der Waals surface area contributed by atoms with Gasteiger partial charge >= 0.3 is 6.09 Å². The van der Waals surface area contributed by atoms with E-state index in [2.05, 4.69) is 4.98 Å². The van der Waals surface area contributed by atoms with E-state index in [1.54, 1.807) is 28.9 Å². The molecular weight excluding hydrogens is 536 g/mol. The standard InChI is InChI=1S/C25H29ClN4O5S2/c1-34-24(33)29-6-5-25(15-29)16-30(19-3-2-17(26)12-18(19)25)22(32)13-20-27-14-23(37-20)36-11-4-21(31)28-7-9-35-10-8-28/h2-3,12,14H,4-11,13,15-16H2,1H3. The van der Waals surface area contributed by atoms with E-state index in [4.69, 9.17) is 21.1 Å². The van der Waals surface area contributed by atoms with Crippen molar-refractivity contribution >= 4 is 58.3 Å². The number of carbonyl (C=O) groups is 3. The van der Waals surface area contributed by atoms with Gasteiger partial charge in [-0.05, 0) is 30.2 Å². The van der Waals surface area contributed by atoms with Gasteiger partial charge in [0.2, 0.25) is 11.8 Å². The molecule has 2 saturated heterocycles. The smallest absolute Gasteiger partial charge is 0.409 e. The summed E-state index contributed by atoms with van der Waals surface area (Å²) in [6.45, 7) is 4.06. The maximum atomic E-state index is 13.4. The third-order valence-corrected chi connectivity index (χ3v) is 9.56. The number of aromatic nitrogens is 1. The van der Waals surface area contributed by atoms with E-state index in [9.17, 15) is 14.4 Å². The molecule has 3 aliphatic rings. The number of likely N-dealkylation sites (tertiary alicyclic amines) is 1. The summed E-state index contributed by atoms with van der Waals surface area (Å²) in [5, 5.41) is 1.35. The first-order valence-corrected chi connectivity index (χ1v) is 14.4. The fraction of sp³-hybridized carbons (Fsp3) is 0.520. The molecule has 5 rings (SSSR count). The molecular formula is C25H29ClN4O5S2. The summed E-state index contributed by atoms with van der Waals surface area (Å²) in [5.74, 6) is 0.783. The Morgan fingerprint density at radius 3 is 2.76 bits per heavy atom. The zero-order chi connectivity index (χ0) is 26.0. The predicted molar refractivity (Wildman–Crippen MR) is 143 cm³/mol. The third kappa shape index (κ3) is 5.59. The SMILES string of the molecule is COC(=O)N1CCC2(C1)CN(C(=O)Cc1ncc(SCCC(=O)N3CCOCC3)s1)c1ccc(Cl)cc12. The fourth-order valence-corrected chi connectivity index (χ4v) is 7.44. The normalized spacial score (nSPS) is 21.0. The van der Waals surface area contributed by atoms with Crippen LogP contribution in [0, 0.1) is 0 Å². The van der Waals surface area contributed by atoms with Crippen molar-refractivity contribution in [1.82, 2.24) is 14.8 Å². The second-order valence-electron chi connectivity index (χ2n) is 9.40. The molecule has 0 bridgehead atoms. The number of benzene rings is 1. The van der Waals surface area contributed by atoms with E-state index >= 15 is 0 Å². The number of methoxy groups -OCH3 is 1. The number of fused-ring (bicyclic) bond motifs is 2. The van der Waals surface area contributed by atoms with Crippen LogP contribution in [0.5, 0.6) is 0 Å². The van der Waals surface area contributed by atoms with E-state index in [-0.39, 0.29) is 29.7 Å². The number of hydrogen-bond donors (Lipinski definition) is 0. The van der Waals surface area contributed by atoms with Crippen molar-refractivity contribution < 1.29 is 23.9 Å². The number of halogens is 1. The molecule has 1 aromatic heterocycles. The van der Waals surface area contributed by atoms with Crippen molar-refractivity contribution in [2.24, 2.45) is 0 Å². The van der Waals surface area contributed by atoms with Crippen molar-refractivity contribution in [1.29, 1.82) is 0 Å². The molecule has 0 N–H and O–H groups in total. The summed E-state index contributed by atoms with van der Waals surface area (Å²) in [6, 6.07) is 5.60. The van der Waals surface area contributed by atoms with E-state index in [1.807, 2.05) is 21.9 Å². The second-order valence-corrected chi connectivity index (χ2v) is 12.4. The summed E-state index contributed by atoms with van der Waals surface area (Å²) in [7, 11) is 1.38. The Hall–Kier alpha value is -2.34. The maximum absolute atomic E-state index is 13.4. The lowest BCUT2D eigenvalue weighted by Crippen LogP contribution is -2.40. The van der Waals surface area contributed by atoms with Crippen LogP contribution in [0.25, 0.3) is 0 Å². The van der Waals surface area contributed by atoms with Gasteiger partial charge in [0.1, 0.15) is 5.01 Å². The summed E-state index contributed by atoms with van der Waals surface area (Å²) in [4.78, 5) is 47.8. The van der Waals surface area contributed by atoms with Crippen LogP contribution in [0.4, 0.5) is 10.5 Å². The minimum absolute atomic E-state index is 0.0367. The molecule has 198 valence electrons. The molecule has 1 atom stereocenters. The Morgan fingerprint density at radius 2 is 1.97 bits per heavy atom. The number of nitrogens with zero attached hydrogens (tertiary/aromatic N) is 4. The van der Waals surface area contributed by atoms with E-state index in [1.165, 1.54) is 18.4 Å². The van der Waals surface area contributed by atoms with Crippen LogP contribution in [-0.4, -0.2) is 91.5 Å². The molecule has 2 aromatic rings. The molecule has 0 radical (unpaired) electrons. The quantitative estimate of drug-likeness (QED) is 0.496. The topological polar surface area (TPSA) is 92.3 Å². The second kappa shape index (κ2) is 11.2. The van der Waals surface area contributed by atoms with Crippen molar-refractivity contribution in [3.05, 3.63) is 40.0 Å². The summed E-state index contributed by atoms with van der Waals surface area (Å²) < 4.78 is 11.2. The van der Waals surface area contributed by atoms with Crippen LogP contribution >= 0.6 is 34.7 Å². The Kier molecular flexibility index (Phi) is 7.94. The van der Waals surface area contributed by atoms with Crippen LogP contribution in [0.15, 0.2) is 28.6 Å². The zero-order valence-corrected chi connectivity index (χ0v) is 23.0. The van der Waals surface area contributed by atoms with Gasteiger partial charge in [0, 0.05) is 61.0 Å². The summed E-state index contributed by atoms with van der Waals surface area (Å²) >= 11 is 9.41. The van der Waals surface area contributed by atoms with E-state index in [0.717, 1.165) is 26.9 Å². The van der Waals surface area contributed by atoms with Crippen LogP contribution in [0.2, 0.25) is 5.02 Å². The van der Waals surface area contributed by atoms with Gasteiger partial charge in [0.05, 0.1) is 37.2 Å². The van der Waals surface area contributed by atoms with Crippen LogP contribution in [0.1, 0.15) is 23.4 Å². The minimum atomic E-state index is -0.360. The summed E-state index contributed by atoms with van der Waals surface area (Å²) in [6.07, 6.45) is 2.82. The molecule has 37 heavy (non-hydrogen) atoms. The number of ether oxygens (including phenoxy) is 2. The highest BCUT2D eigenvalue weighted by Crippen LogP contribution is 2.47. The number of thiazole rings is 1. The lowest BCUT2D eigenvalue weighted by molar-refractivity contribution is -0.134. The van der Waals surface area contributed by atoms with Crippen molar-refractivity contribution in [2.45, 2.75) is 28.9 Å². The van der Waals surface area contributed by atoms with Crippen molar-refractivity contribution in [3.8, 4) is 0 Å². The first kappa shape index (κ1) is 26.3.